The molecular weight excluding hydrogens is 268 g/mol. The number of rotatable bonds is 8. The maximum absolute atomic E-state index is 10.6. The highest BCUT2D eigenvalue weighted by Gasteiger charge is 2.11. The normalized spacial score (nSPS) is 13.9. The highest BCUT2D eigenvalue weighted by atomic mass is 16.5. The van der Waals surface area contributed by atoms with Crippen molar-refractivity contribution in [1.29, 1.82) is 0 Å². The second-order valence-corrected chi connectivity index (χ2v) is 5.05. The third kappa shape index (κ3) is 5.90. The molecule has 0 amide bonds. The summed E-state index contributed by atoms with van der Waals surface area (Å²) in [4.78, 5) is 10.6. The molecule has 0 fully saturated rings. The van der Waals surface area contributed by atoms with Gasteiger partial charge in [0.05, 0.1) is 12.2 Å². The molecule has 1 rings (SSSR count). The third-order valence-electron chi connectivity index (χ3n) is 3.19. The molecule has 0 aliphatic carbocycles. The lowest BCUT2D eigenvalue weighted by Gasteiger charge is -2.19. The van der Waals surface area contributed by atoms with Gasteiger partial charge in [-0.2, -0.15) is 0 Å². The summed E-state index contributed by atoms with van der Waals surface area (Å²) in [5.41, 5.74) is 0.771. The molecule has 4 nitrogen and oxygen atoms in total. The predicted molar refractivity (Wildman–Crippen MR) is 83.9 cm³/mol. The van der Waals surface area contributed by atoms with Crippen molar-refractivity contribution in [1.82, 2.24) is 0 Å². The number of benzene rings is 1. The number of hydrogen-bond acceptors (Lipinski definition) is 3. The fourth-order valence-electron chi connectivity index (χ4n) is 1.59. The van der Waals surface area contributed by atoms with Crippen LogP contribution in [0.15, 0.2) is 24.3 Å². The zero-order valence-corrected chi connectivity index (χ0v) is 13.1. The van der Waals surface area contributed by atoms with Gasteiger partial charge in [-0.3, -0.25) is 0 Å². The SMILES string of the molecule is CCC(C)Oc1ccc(C=CC(=O)O)cc1OC(C)CC. The van der Waals surface area contributed by atoms with E-state index in [1.165, 1.54) is 0 Å². The van der Waals surface area contributed by atoms with Gasteiger partial charge >= 0.3 is 5.97 Å². The van der Waals surface area contributed by atoms with Crippen LogP contribution in [0.2, 0.25) is 0 Å². The maximum atomic E-state index is 10.6. The van der Waals surface area contributed by atoms with E-state index in [1.807, 2.05) is 39.0 Å². The number of carbonyl (C=O) groups is 1. The lowest BCUT2D eigenvalue weighted by molar-refractivity contribution is -0.131. The molecule has 0 spiro atoms. The molecule has 4 heteroatoms. The standard InChI is InChI=1S/C17H24O4/c1-5-12(3)20-15-9-7-14(8-10-17(18)19)11-16(15)21-13(4)6-2/h7-13H,5-6H2,1-4H3,(H,18,19). The Morgan fingerprint density at radius 3 is 2.24 bits per heavy atom. The summed E-state index contributed by atoms with van der Waals surface area (Å²) in [5, 5.41) is 8.69. The molecule has 21 heavy (non-hydrogen) atoms. The molecule has 0 aromatic heterocycles. The van der Waals surface area contributed by atoms with Crippen LogP contribution in [-0.2, 0) is 4.79 Å². The van der Waals surface area contributed by atoms with Crippen LogP contribution in [0.5, 0.6) is 11.5 Å². The molecular formula is C17H24O4. The Kier molecular flexibility index (Phi) is 6.79. The zero-order valence-electron chi connectivity index (χ0n) is 13.1. The minimum absolute atomic E-state index is 0.0722. The van der Waals surface area contributed by atoms with Gasteiger partial charge in [0.2, 0.25) is 0 Å². The molecule has 1 N–H and O–H groups in total. The Labute approximate surface area is 126 Å². The van der Waals surface area contributed by atoms with Crippen molar-refractivity contribution in [3.05, 3.63) is 29.8 Å². The summed E-state index contributed by atoms with van der Waals surface area (Å²) in [6.07, 6.45) is 4.62. The first-order valence-electron chi connectivity index (χ1n) is 7.34. The molecule has 0 aliphatic rings. The van der Waals surface area contributed by atoms with E-state index in [1.54, 1.807) is 6.08 Å². The number of carboxylic acid groups (broad SMARTS) is 1. The van der Waals surface area contributed by atoms with Gasteiger partial charge in [-0.25, -0.2) is 4.79 Å². The van der Waals surface area contributed by atoms with Crippen LogP contribution >= 0.6 is 0 Å². The van der Waals surface area contributed by atoms with Crippen molar-refractivity contribution in [2.75, 3.05) is 0 Å². The van der Waals surface area contributed by atoms with Gasteiger partial charge in [-0.05, 0) is 50.5 Å². The van der Waals surface area contributed by atoms with Gasteiger partial charge in [0.25, 0.3) is 0 Å². The Morgan fingerprint density at radius 2 is 1.71 bits per heavy atom. The van der Waals surface area contributed by atoms with Crippen LogP contribution in [0, 0.1) is 0 Å². The highest BCUT2D eigenvalue weighted by Crippen LogP contribution is 2.31. The van der Waals surface area contributed by atoms with Crippen LogP contribution in [-0.4, -0.2) is 23.3 Å². The zero-order chi connectivity index (χ0) is 15.8. The molecule has 0 saturated carbocycles. The topological polar surface area (TPSA) is 55.8 Å². The van der Waals surface area contributed by atoms with Crippen molar-refractivity contribution in [3.63, 3.8) is 0 Å². The van der Waals surface area contributed by atoms with Crippen LogP contribution in [0.1, 0.15) is 46.1 Å². The molecule has 1 aromatic carbocycles. The highest BCUT2D eigenvalue weighted by molar-refractivity contribution is 5.85. The number of hydrogen-bond donors (Lipinski definition) is 1. The number of ether oxygens (including phenoxy) is 2. The average Bonchev–Trinajstić information content (AvgIpc) is 2.46. The quantitative estimate of drug-likeness (QED) is 0.732. The fourth-order valence-corrected chi connectivity index (χ4v) is 1.59. The van der Waals surface area contributed by atoms with Crippen molar-refractivity contribution in [2.45, 2.75) is 52.7 Å². The summed E-state index contributed by atoms with van der Waals surface area (Å²) in [6, 6.07) is 5.45. The van der Waals surface area contributed by atoms with E-state index >= 15 is 0 Å². The predicted octanol–water partition coefficient (Wildman–Crippen LogP) is 4.14. The second kappa shape index (κ2) is 8.35. The van der Waals surface area contributed by atoms with E-state index in [9.17, 15) is 4.79 Å². The summed E-state index contributed by atoms with van der Waals surface area (Å²) in [7, 11) is 0. The first-order chi connectivity index (χ1) is 9.96. The van der Waals surface area contributed by atoms with E-state index in [-0.39, 0.29) is 12.2 Å². The van der Waals surface area contributed by atoms with Crippen LogP contribution < -0.4 is 9.47 Å². The molecule has 0 radical (unpaired) electrons. The summed E-state index contributed by atoms with van der Waals surface area (Å²) in [5.74, 6) is 0.369. The number of aliphatic carboxylic acids is 1. The van der Waals surface area contributed by atoms with Gasteiger partial charge in [-0.15, -0.1) is 0 Å². The van der Waals surface area contributed by atoms with Crippen LogP contribution in [0.4, 0.5) is 0 Å². The Hall–Kier alpha value is -1.97. The summed E-state index contributed by atoms with van der Waals surface area (Å²) in [6.45, 7) is 8.11. The minimum Gasteiger partial charge on any atom is -0.487 e. The third-order valence-corrected chi connectivity index (χ3v) is 3.19. The Bertz CT molecular complexity index is 494. The van der Waals surface area contributed by atoms with Gasteiger partial charge < -0.3 is 14.6 Å². The second-order valence-electron chi connectivity index (χ2n) is 5.05. The average molecular weight is 292 g/mol. The van der Waals surface area contributed by atoms with Crippen molar-refractivity contribution in [2.24, 2.45) is 0 Å². The summed E-state index contributed by atoms with van der Waals surface area (Å²) >= 11 is 0. The molecule has 2 atom stereocenters. The van der Waals surface area contributed by atoms with Gasteiger partial charge in [0.15, 0.2) is 11.5 Å². The number of carboxylic acids is 1. The van der Waals surface area contributed by atoms with Crippen LogP contribution in [0.25, 0.3) is 6.08 Å². The summed E-state index contributed by atoms with van der Waals surface area (Å²) < 4.78 is 11.7. The van der Waals surface area contributed by atoms with E-state index in [4.69, 9.17) is 14.6 Å². The van der Waals surface area contributed by atoms with Gasteiger partial charge in [0.1, 0.15) is 0 Å². The lowest BCUT2D eigenvalue weighted by atomic mass is 10.1. The minimum atomic E-state index is -0.973. The molecule has 1 aromatic rings. The van der Waals surface area contributed by atoms with Gasteiger partial charge in [0, 0.05) is 6.08 Å². The molecule has 116 valence electrons. The first kappa shape index (κ1) is 17.1. The largest absolute Gasteiger partial charge is 0.487 e. The van der Waals surface area contributed by atoms with E-state index in [0.29, 0.717) is 11.5 Å². The van der Waals surface area contributed by atoms with Gasteiger partial charge in [-0.1, -0.05) is 19.9 Å². The maximum Gasteiger partial charge on any atom is 0.328 e. The van der Waals surface area contributed by atoms with Crippen molar-refractivity contribution >= 4 is 12.0 Å². The molecule has 0 aliphatic heterocycles. The van der Waals surface area contributed by atoms with E-state index in [2.05, 4.69) is 6.92 Å². The Balaban J connectivity index is 3.03. The van der Waals surface area contributed by atoms with Crippen molar-refractivity contribution < 1.29 is 19.4 Å². The molecule has 0 saturated heterocycles. The molecule has 0 heterocycles. The fraction of sp³-hybridized carbons (Fsp3) is 0.471. The first-order valence-corrected chi connectivity index (χ1v) is 7.34. The Morgan fingerprint density at radius 1 is 1.14 bits per heavy atom. The monoisotopic (exact) mass is 292 g/mol. The molecule has 2 unspecified atom stereocenters. The van der Waals surface area contributed by atoms with E-state index in [0.717, 1.165) is 24.5 Å². The smallest absolute Gasteiger partial charge is 0.328 e. The van der Waals surface area contributed by atoms with E-state index < -0.39 is 5.97 Å². The van der Waals surface area contributed by atoms with Crippen molar-refractivity contribution in [3.8, 4) is 11.5 Å². The lowest BCUT2D eigenvalue weighted by Crippen LogP contribution is -2.14. The van der Waals surface area contributed by atoms with Crippen LogP contribution in [0.3, 0.4) is 0 Å². The molecule has 0 bridgehead atoms.